The number of imidazole rings is 1. The number of alkyl halides is 3. The first kappa shape index (κ1) is 23.9. The van der Waals surface area contributed by atoms with Crippen LogP contribution in [0.3, 0.4) is 0 Å². The summed E-state index contributed by atoms with van der Waals surface area (Å²) >= 11 is 0. The Balaban J connectivity index is 1.77. The van der Waals surface area contributed by atoms with E-state index in [4.69, 9.17) is 0 Å². The van der Waals surface area contributed by atoms with Gasteiger partial charge in [0.15, 0.2) is 5.65 Å². The molecule has 2 aliphatic carbocycles. The first-order valence-corrected chi connectivity index (χ1v) is 11.4. The van der Waals surface area contributed by atoms with Crippen LogP contribution >= 0.6 is 0 Å². The second-order valence-electron chi connectivity index (χ2n) is 9.13. The minimum absolute atomic E-state index is 0.0356. The zero-order chi connectivity index (χ0) is 25.8. The van der Waals surface area contributed by atoms with Crippen LogP contribution in [0, 0.1) is 17.1 Å². The third-order valence-corrected chi connectivity index (χ3v) is 7.15. The van der Waals surface area contributed by atoms with E-state index in [9.17, 15) is 19.1 Å². The fourth-order valence-electron chi connectivity index (χ4n) is 5.53. The maximum absolute atomic E-state index is 15.0. The first-order valence-electron chi connectivity index (χ1n) is 11.4. The molecule has 0 amide bonds. The number of aromatic nitrogens is 3. The summed E-state index contributed by atoms with van der Waals surface area (Å²) in [6.07, 6.45) is 3.59. The second-order valence-corrected chi connectivity index (χ2v) is 9.13. The lowest BCUT2D eigenvalue weighted by Crippen LogP contribution is -2.28. The fourth-order valence-corrected chi connectivity index (χ4v) is 5.53. The van der Waals surface area contributed by atoms with E-state index in [1.165, 1.54) is 24.7 Å². The summed E-state index contributed by atoms with van der Waals surface area (Å²) in [5, 5.41) is 20.4. The molecule has 2 aliphatic rings. The van der Waals surface area contributed by atoms with Gasteiger partial charge in [-0.15, -0.1) is 0 Å². The number of halogens is 4. The first-order chi connectivity index (χ1) is 17.2. The van der Waals surface area contributed by atoms with Gasteiger partial charge in [0.25, 0.3) is 5.92 Å². The molecule has 0 saturated heterocycles. The lowest BCUT2D eigenvalue weighted by Gasteiger charge is -2.31. The lowest BCUT2D eigenvalue weighted by atomic mass is 9.74. The number of hydrogen-bond acceptors (Lipinski definition) is 4. The summed E-state index contributed by atoms with van der Waals surface area (Å²) in [7, 11) is 0. The molecule has 1 saturated carbocycles. The summed E-state index contributed by atoms with van der Waals surface area (Å²) in [5.74, 6) is -4.85. The predicted octanol–water partition coefficient (Wildman–Crippen LogP) is 5.98. The number of aliphatic hydroxyl groups is 1. The average molecular weight is 494 g/mol. The molecular formula is C27H22F4N4O. The van der Waals surface area contributed by atoms with Gasteiger partial charge in [-0.1, -0.05) is 12.7 Å². The Morgan fingerprint density at radius 2 is 2.08 bits per heavy atom. The zero-order valence-corrected chi connectivity index (χ0v) is 19.3. The largest absolute Gasteiger partial charge is 0.382 e. The Kier molecular flexibility index (Phi) is 5.80. The number of hydrogen-bond donors (Lipinski definition) is 1. The van der Waals surface area contributed by atoms with Crippen molar-refractivity contribution in [2.45, 2.75) is 50.3 Å². The quantitative estimate of drug-likeness (QED) is 0.455. The molecule has 2 aromatic heterocycles. The number of rotatable bonds is 3. The van der Waals surface area contributed by atoms with Crippen LogP contribution in [0.15, 0.2) is 66.3 Å². The van der Waals surface area contributed by atoms with E-state index in [-0.39, 0.29) is 40.7 Å². The van der Waals surface area contributed by atoms with Crippen molar-refractivity contribution in [1.82, 2.24) is 14.4 Å². The Bertz CT molecular complexity index is 1500. The van der Waals surface area contributed by atoms with Crippen molar-refractivity contribution in [3.05, 3.63) is 94.5 Å². The van der Waals surface area contributed by atoms with E-state index in [1.807, 2.05) is 6.07 Å². The van der Waals surface area contributed by atoms with Gasteiger partial charge in [0.2, 0.25) is 0 Å². The molecule has 9 heteroatoms. The normalized spacial score (nSPS) is 25.9. The summed E-state index contributed by atoms with van der Waals surface area (Å²) in [5.41, 5.74) is 2.29. The van der Waals surface area contributed by atoms with E-state index < -0.39 is 36.4 Å². The number of allylic oxidation sites excluding steroid dienone is 3. The summed E-state index contributed by atoms with van der Waals surface area (Å²) in [6, 6.07) is 4.02. The van der Waals surface area contributed by atoms with Crippen molar-refractivity contribution < 1.29 is 22.7 Å². The van der Waals surface area contributed by atoms with Crippen LogP contribution in [0.1, 0.15) is 60.7 Å². The van der Waals surface area contributed by atoms with Crippen molar-refractivity contribution in [2.75, 3.05) is 0 Å². The van der Waals surface area contributed by atoms with Gasteiger partial charge in [-0.2, -0.15) is 5.26 Å². The van der Waals surface area contributed by atoms with Crippen molar-refractivity contribution in [3.63, 3.8) is 0 Å². The summed E-state index contributed by atoms with van der Waals surface area (Å²) in [6.45, 7) is 5.47. The minimum Gasteiger partial charge on any atom is -0.382 e. The van der Waals surface area contributed by atoms with E-state index in [1.54, 1.807) is 17.5 Å². The molecular weight excluding hydrogens is 472 g/mol. The molecule has 3 atom stereocenters. The van der Waals surface area contributed by atoms with Gasteiger partial charge in [0.1, 0.15) is 18.1 Å². The number of nitriles is 1. The molecule has 1 aromatic carbocycles. The highest BCUT2D eigenvalue weighted by molar-refractivity contribution is 5.74. The van der Waals surface area contributed by atoms with Crippen molar-refractivity contribution in [2.24, 2.45) is 0 Å². The number of benzene rings is 1. The topological polar surface area (TPSA) is 74.2 Å². The highest BCUT2D eigenvalue weighted by Crippen LogP contribution is 2.52. The molecule has 3 aromatic rings. The SMILES string of the molecule is C=C/C(=C1/CC(F)(F)[C@@H](O)/C1=C(/C)c1cnc2cnccn12)[C@H]1CC[C@H](F)c2cc(F)cc(C#N)c21. The van der Waals surface area contributed by atoms with Crippen LogP contribution in [0.25, 0.3) is 11.2 Å². The Morgan fingerprint density at radius 3 is 2.81 bits per heavy atom. The molecule has 2 heterocycles. The average Bonchev–Trinajstić information content (AvgIpc) is 3.38. The Labute approximate surface area is 204 Å². The molecule has 0 spiro atoms. The van der Waals surface area contributed by atoms with Gasteiger partial charge < -0.3 is 5.11 Å². The van der Waals surface area contributed by atoms with Gasteiger partial charge in [-0.05, 0) is 65.3 Å². The molecule has 1 N–H and O–H groups in total. The van der Waals surface area contributed by atoms with Crippen LogP contribution in [0.2, 0.25) is 0 Å². The van der Waals surface area contributed by atoms with Gasteiger partial charge in [-0.3, -0.25) is 9.38 Å². The summed E-state index contributed by atoms with van der Waals surface area (Å²) < 4.78 is 60.7. The predicted molar refractivity (Wildman–Crippen MR) is 125 cm³/mol. The smallest absolute Gasteiger partial charge is 0.281 e. The molecule has 0 unspecified atom stereocenters. The molecule has 5 rings (SSSR count). The lowest BCUT2D eigenvalue weighted by molar-refractivity contribution is -0.0732. The molecule has 5 nitrogen and oxygen atoms in total. The monoisotopic (exact) mass is 494 g/mol. The Morgan fingerprint density at radius 1 is 1.31 bits per heavy atom. The maximum Gasteiger partial charge on any atom is 0.281 e. The number of fused-ring (bicyclic) bond motifs is 2. The maximum atomic E-state index is 15.0. The highest BCUT2D eigenvalue weighted by Gasteiger charge is 2.51. The summed E-state index contributed by atoms with van der Waals surface area (Å²) in [4.78, 5) is 8.28. The molecule has 0 bridgehead atoms. The van der Waals surface area contributed by atoms with E-state index in [0.29, 0.717) is 22.5 Å². The van der Waals surface area contributed by atoms with E-state index in [0.717, 1.165) is 12.1 Å². The standard InChI is InChI=1S/C27H22F4N4O/c1-3-17(18-4-5-21(29)19-9-16(28)8-15(11-32)25(18)19)20-10-27(30,31)26(36)24(20)14(2)22-12-34-23-13-33-6-7-35(22)23/h3,6-9,12-13,18,21,26,36H,1,4-5,10H2,2H3/b20-17+,24-14-/t18-,21+,26+/m1/s1. The van der Waals surface area contributed by atoms with Crippen molar-refractivity contribution >= 4 is 11.2 Å². The third-order valence-electron chi connectivity index (χ3n) is 7.15. The number of aliphatic hydroxyl groups excluding tert-OH is 1. The molecule has 1 fully saturated rings. The molecule has 36 heavy (non-hydrogen) atoms. The number of nitrogens with zero attached hydrogens (tertiary/aromatic N) is 4. The van der Waals surface area contributed by atoms with Crippen LogP contribution in [-0.2, 0) is 0 Å². The minimum atomic E-state index is -3.46. The van der Waals surface area contributed by atoms with Gasteiger partial charge >= 0.3 is 0 Å². The molecule has 0 aliphatic heterocycles. The van der Waals surface area contributed by atoms with Crippen molar-refractivity contribution in [1.29, 1.82) is 5.26 Å². The van der Waals surface area contributed by atoms with Gasteiger partial charge in [0, 0.05) is 24.7 Å². The van der Waals surface area contributed by atoms with Crippen LogP contribution in [-0.4, -0.2) is 31.5 Å². The van der Waals surface area contributed by atoms with Crippen LogP contribution in [0.4, 0.5) is 17.6 Å². The van der Waals surface area contributed by atoms with E-state index in [2.05, 4.69) is 16.5 Å². The van der Waals surface area contributed by atoms with Crippen molar-refractivity contribution in [3.8, 4) is 6.07 Å². The molecule has 184 valence electrons. The van der Waals surface area contributed by atoms with E-state index >= 15 is 8.78 Å². The van der Waals surface area contributed by atoms with Gasteiger partial charge in [0.05, 0.1) is 29.7 Å². The second kappa shape index (κ2) is 8.71. The zero-order valence-electron chi connectivity index (χ0n) is 19.3. The fraction of sp³-hybridized carbons (Fsp3) is 0.296. The third kappa shape index (κ3) is 3.64. The van der Waals surface area contributed by atoms with Crippen LogP contribution < -0.4 is 0 Å². The Hall–Kier alpha value is -3.77. The molecule has 0 radical (unpaired) electrons. The van der Waals surface area contributed by atoms with Crippen LogP contribution in [0.5, 0.6) is 0 Å². The highest BCUT2D eigenvalue weighted by atomic mass is 19.3. The van der Waals surface area contributed by atoms with Gasteiger partial charge in [-0.25, -0.2) is 22.5 Å².